The average molecular weight is 276 g/mol. The van der Waals surface area contributed by atoms with Gasteiger partial charge >= 0.3 is 0 Å². The predicted molar refractivity (Wildman–Crippen MR) is 74.9 cm³/mol. The van der Waals surface area contributed by atoms with Crippen LogP contribution in [0.1, 0.15) is 17.3 Å². The number of carbonyl (C=O) groups excluding carboxylic acids is 1. The second-order valence-corrected chi connectivity index (χ2v) is 4.15. The molecule has 2 aromatic rings. The molecule has 3 nitrogen and oxygen atoms in total. The van der Waals surface area contributed by atoms with E-state index in [9.17, 15) is 13.6 Å². The van der Waals surface area contributed by atoms with Crippen molar-refractivity contribution in [2.24, 2.45) is 0 Å². The Morgan fingerprint density at radius 1 is 1.10 bits per heavy atom. The van der Waals surface area contributed by atoms with Gasteiger partial charge in [0.15, 0.2) is 0 Å². The Morgan fingerprint density at radius 2 is 1.85 bits per heavy atom. The first-order valence-corrected chi connectivity index (χ1v) is 6.21. The van der Waals surface area contributed by atoms with E-state index >= 15 is 0 Å². The Morgan fingerprint density at radius 3 is 2.55 bits per heavy atom. The van der Waals surface area contributed by atoms with Crippen molar-refractivity contribution in [2.45, 2.75) is 6.92 Å². The fraction of sp³-hybridized carbons (Fsp3) is 0.133. The Balaban J connectivity index is 2.24. The summed E-state index contributed by atoms with van der Waals surface area (Å²) in [6.07, 6.45) is 0. The maximum Gasteiger partial charge on any atom is 0.257 e. The molecule has 2 N–H and O–H groups in total. The number of amides is 1. The number of para-hydroxylation sites is 1. The van der Waals surface area contributed by atoms with Gasteiger partial charge in [0.05, 0.1) is 11.3 Å². The molecule has 0 saturated carbocycles. The van der Waals surface area contributed by atoms with Crippen LogP contribution in [0.3, 0.4) is 0 Å². The Bertz CT molecular complexity index is 629. The summed E-state index contributed by atoms with van der Waals surface area (Å²) in [6.45, 7) is 2.57. The molecule has 0 aliphatic carbocycles. The standard InChI is InChI=1S/C15H14F2N2O/c1-2-18-13-6-4-3-5-11(13)15(20)19-14-8-7-10(16)9-12(14)17/h3-9,18H,2H2,1H3,(H,19,20). The van der Waals surface area contributed by atoms with E-state index in [-0.39, 0.29) is 5.69 Å². The SMILES string of the molecule is CCNc1ccccc1C(=O)Nc1ccc(F)cc1F. The third kappa shape index (κ3) is 3.12. The molecule has 0 aliphatic rings. The number of benzene rings is 2. The van der Waals surface area contributed by atoms with Crippen molar-refractivity contribution in [3.63, 3.8) is 0 Å². The third-order valence-electron chi connectivity index (χ3n) is 2.72. The zero-order valence-electron chi connectivity index (χ0n) is 10.9. The van der Waals surface area contributed by atoms with Crippen molar-refractivity contribution in [2.75, 3.05) is 17.2 Å². The number of carbonyl (C=O) groups is 1. The van der Waals surface area contributed by atoms with Crippen molar-refractivity contribution in [3.8, 4) is 0 Å². The van der Waals surface area contributed by atoms with Gasteiger partial charge in [-0.05, 0) is 31.2 Å². The van der Waals surface area contributed by atoms with Crippen molar-refractivity contribution in [1.29, 1.82) is 0 Å². The van der Waals surface area contributed by atoms with Crippen LogP contribution >= 0.6 is 0 Å². The molecule has 5 heteroatoms. The molecule has 0 bridgehead atoms. The summed E-state index contributed by atoms with van der Waals surface area (Å²) in [5, 5.41) is 5.48. The number of hydrogen-bond acceptors (Lipinski definition) is 2. The Labute approximate surface area is 115 Å². The average Bonchev–Trinajstić information content (AvgIpc) is 2.43. The quantitative estimate of drug-likeness (QED) is 0.895. The molecule has 20 heavy (non-hydrogen) atoms. The highest BCUT2D eigenvalue weighted by atomic mass is 19.1. The molecule has 0 aliphatic heterocycles. The first-order valence-electron chi connectivity index (χ1n) is 6.21. The number of nitrogens with one attached hydrogen (secondary N) is 2. The molecular formula is C15H14F2N2O. The van der Waals surface area contributed by atoms with Gasteiger partial charge in [0.2, 0.25) is 0 Å². The van der Waals surface area contributed by atoms with Crippen LogP contribution in [0, 0.1) is 11.6 Å². The number of halogens is 2. The smallest absolute Gasteiger partial charge is 0.257 e. The summed E-state index contributed by atoms with van der Waals surface area (Å²) < 4.78 is 26.3. The number of rotatable bonds is 4. The van der Waals surface area contributed by atoms with E-state index in [1.807, 2.05) is 6.92 Å². The minimum atomic E-state index is -0.806. The maximum absolute atomic E-state index is 13.5. The Hall–Kier alpha value is -2.43. The second kappa shape index (κ2) is 6.14. The molecule has 2 rings (SSSR count). The van der Waals surface area contributed by atoms with E-state index in [2.05, 4.69) is 10.6 Å². The molecule has 0 heterocycles. The second-order valence-electron chi connectivity index (χ2n) is 4.15. The topological polar surface area (TPSA) is 41.1 Å². The van der Waals surface area contributed by atoms with Crippen LogP contribution in [0.25, 0.3) is 0 Å². The molecule has 0 saturated heterocycles. The van der Waals surface area contributed by atoms with Crippen LogP contribution in [-0.4, -0.2) is 12.5 Å². The van der Waals surface area contributed by atoms with Gasteiger partial charge in [-0.25, -0.2) is 8.78 Å². The van der Waals surface area contributed by atoms with E-state index in [0.717, 1.165) is 12.1 Å². The molecule has 1 amide bonds. The fourth-order valence-electron chi connectivity index (χ4n) is 1.81. The van der Waals surface area contributed by atoms with Gasteiger partial charge < -0.3 is 10.6 Å². The van der Waals surface area contributed by atoms with Crippen molar-refractivity contribution >= 4 is 17.3 Å². The van der Waals surface area contributed by atoms with Crippen LogP contribution in [0.4, 0.5) is 20.2 Å². The normalized spacial score (nSPS) is 10.2. The van der Waals surface area contributed by atoms with Gasteiger partial charge in [-0.15, -0.1) is 0 Å². The maximum atomic E-state index is 13.5. The lowest BCUT2D eigenvalue weighted by molar-refractivity contribution is 0.102. The lowest BCUT2D eigenvalue weighted by Gasteiger charge is -2.11. The summed E-state index contributed by atoms with van der Waals surface area (Å²) in [5.74, 6) is -1.94. The lowest BCUT2D eigenvalue weighted by Crippen LogP contribution is -2.15. The number of hydrogen-bond donors (Lipinski definition) is 2. The third-order valence-corrected chi connectivity index (χ3v) is 2.72. The summed E-state index contributed by atoms with van der Waals surface area (Å²) in [6, 6.07) is 9.93. The summed E-state index contributed by atoms with van der Waals surface area (Å²) >= 11 is 0. The summed E-state index contributed by atoms with van der Waals surface area (Å²) in [4.78, 5) is 12.1. The van der Waals surface area contributed by atoms with Gasteiger partial charge in [0.1, 0.15) is 11.6 Å². The highest BCUT2D eigenvalue weighted by Crippen LogP contribution is 2.19. The summed E-state index contributed by atoms with van der Waals surface area (Å²) in [5.41, 5.74) is 1.01. The molecule has 0 aromatic heterocycles. The van der Waals surface area contributed by atoms with Gasteiger partial charge in [0.25, 0.3) is 5.91 Å². The molecular weight excluding hydrogens is 262 g/mol. The van der Waals surface area contributed by atoms with Gasteiger partial charge in [-0.1, -0.05) is 12.1 Å². The fourth-order valence-corrected chi connectivity index (χ4v) is 1.81. The zero-order valence-corrected chi connectivity index (χ0v) is 10.9. The van der Waals surface area contributed by atoms with Crippen molar-refractivity contribution < 1.29 is 13.6 Å². The van der Waals surface area contributed by atoms with E-state index in [4.69, 9.17) is 0 Å². The van der Waals surface area contributed by atoms with Crippen LogP contribution < -0.4 is 10.6 Å². The minimum absolute atomic E-state index is 0.0531. The van der Waals surface area contributed by atoms with Gasteiger partial charge in [-0.2, -0.15) is 0 Å². The Kier molecular flexibility index (Phi) is 4.30. The summed E-state index contributed by atoms with van der Waals surface area (Å²) in [7, 11) is 0. The van der Waals surface area contributed by atoms with Gasteiger partial charge in [-0.3, -0.25) is 4.79 Å². The first kappa shape index (κ1) is 14.0. The van der Waals surface area contributed by atoms with Crippen molar-refractivity contribution in [1.82, 2.24) is 0 Å². The number of anilines is 2. The van der Waals surface area contributed by atoms with Crippen LogP contribution in [0.5, 0.6) is 0 Å². The van der Waals surface area contributed by atoms with E-state index in [1.54, 1.807) is 24.3 Å². The molecule has 2 aromatic carbocycles. The highest BCUT2D eigenvalue weighted by molar-refractivity contribution is 6.08. The molecule has 104 valence electrons. The van der Waals surface area contributed by atoms with Gasteiger partial charge in [0, 0.05) is 18.3 Å². The monoisotopic (exact) mass is 276 g/mol. The molecule has 0 radical (unpaired) electrons. The van der Waals surface area contributed by atoms with E-state index in [1.165, 1.54) is 6.07 Å². The molecule has 0 atom stereocenters. The minimum Gasteiger partial charge on any atom is -0.385 e. The van der Waals surface area contributed by atoms with Crippen LogP contribution in [-0.2, 0) is 0 Å². The van der Waals surface area contributed by atoms with E-state index < -0.39 is 17.5 Å². The largest absolute Gasteiger partial charge is 0.385 e. The van der Waals surface area contributed by atoms with E-state index in [0.29, 0.717) is 17.8 Å². The predicted octanol–water partition coefficient (Wildman–Crippen LogP) is 3.65. The first-order chi connectivity index (χ1) is 9.61. The molecule has 0 fully saturated rings. The van der Waals surface area contributed by atoms with Crippen LogP contribution in [0.15, 0.2) is 42.5 Å². The van der Waals surface area contributed by atoms with Crippen LogP contribution in [0.2, 0.25) is 0 Å². The van der Waals surface area contributed by atoms with Crippen molar-refractivity contribution in [3.05, 3.63) is 59.7 Å². The molecule has 0 unspecified atom stereocenters. The molecule has 0 spiro atoms. The lowest BCUT2D eigenvalue weighted by atomic mass is 10.1. The highest BCUT2D eigenvalue weighted by Gasteiger charge is 2.13. The zero-order chi connectivity index (χ0) is 14.5.